The molecule has 122 valence electrons. The lowest BCUT2D eigenvalue weighted by Gasteiger charge is -2.13. The van der Waals surface area contributed by atoms with Crippen LogP contribution in [0.2, 0.25) is 10.0 Å². The van der Waals surface area contributed by atoms with Crippen LogP contribution in [0.1, 0.15) is 5.56 Å². The van der Waals surface area contributed by atoms with Crippen molar-refractivity contribution < 1.29 is 9.59 Å². The molecule has 1 fully saturated rings. The van der Waals surface area contributed by atoms with Gasteiger partial charge in [-0.1, -0.05) is 35.3 Å². The van der Waals surface area contributed by atoms with Crippen molar-refractivity contribution in [1.82, 2.24) is 15.5 Å². The van der Waals surface area contributed by atoms with E-state index in [1.807, 2.05) is 0 Å². The van der Waals surface area contributed by atoms with Crippen molar-refractivity contribution in [2.24, 2.45) is 0 Å². The minimum atomic E-state index is -0.354. The average Bonchev–Trinajstić information content (AvgIpc) is 2.79. The molecule has 0 aliphatic carbocycles. The van der Waals surface area contributed by atoms with Gasteiger partial charge in [0.05, 0.1) is 15.0 Å². The fourth-order valence-corrected chi connectivity index (χ4v) is 3.16. The van der Waals surface area contributed by atoms with Crippen molar-refractivity contribution >= 4 is 69.5 Å². The maximum atomic E-state index is 12.3. The number of nitrogens with zero attached hydrogens (tertiary/aromatic N) is 1. The highest BCUT2D eigenvalue weighted by Gasteiger charge is 2.34. The molecule has 2 rings (SSSR count). The lowest BCUT2D eigenvalue weighted by molar-refractivity contribution is -0.122. The molecule has 1 aliphatic rings. The van der Waals surface area contributed by atoms with Crippen LogP contribution >= 0.6 is 47.2 Å². The zero-order valence-corrected chi connectivity index (χ0v) is 15.2. The summed E-state index contributed by atoms with van der Waals surface area (Å²) >= 11 is 17.9. The van der Waals surface area contributed by atoms with Crippen molar-refractivity contribution in [3.8, 4) is 0 Å². The van der Waals surface area contributed by atoms with Crippen molar-refractivity contribution in [1.29, 1.82) is 0 Å². The largest absolute Gasteiger partial charge is 0.366 e. The van der Waals surface area contributed by atoms with Crippen molar-refractivity contribution in [3.63, 3.8) is 0 Å². The first-order valence-corrected chi connectivity index (χ1v) is 8.57. The summed E-state index contributed by atoms with van der Waals surface area (Å²) < 4.78 is 0. The van der Waals surface area contributed by atoms with Crippen LogP contribution < -0.4 is 10.6 Å². The second-order valence-electron chi connectivity index (χ2n) is 4.48. The van der Waals surface area contributed by atoms with Crippen LogP contribution in [-0.2, 0) is 4.79 Å². The third kappa shape index (κ3) is 4.38. The Bertz CT molecular complexity index is 695. The number of halogens is 2. The first-order chi connectivity index (χ1) is 10.9. The van der Waals surface area contributed by atoms with Gasteiger partial charge < -0.3 is 10.6 Å². The molecule has 0 unspecified atom stereocenters. The topological polar surface area (TPSA) is 61.4 Å². The van der Waals surface area contributed by atoms with Crippen LogP contribution in [0.15, 0.2) is 23.1 Å². The van der Waals surface area contributed by atoms with Crippen molar-refractivity contribution in [2.75, 3.05) is 20.1 Å². The summed E-state index contributed by atoms with van der Waals surface area (Å²) in [6.45, 7) is 0.607. The Morgan fingerprint density at radius 2 is 2.13 bits per heavy atom. The van der Waals surface area contributed by atoms with Gasteiger partial charge in [-0.05, 0) is 41.7 Å². The van der Waals surface area contributed by atoms with E-state index < -0.39 is 0 Å². The molecule has 23 heavy (non-hydrogen) atoms. The van der Waals surface area contributed by atoms with Gasteiger partial charge in [0.2, 0.25) is 0 Å². The highest BCUT2D eigenvalue weighted by molar-refractivity contribution is 8.18. The van der Waals surface area contributed by atoms with Gasteiger partial charge in [0.1, 0.15) is 0 Å². The number of thiocarbonyl (C=S) groups is 1. The number of imide groups is 1. The molecule has 2 N–H and O–H groups in total. The summed E-state index contributed by atoms with van der Waals surface area (Å²) in [4.78, 5) is 25.8. The number of hydrogen-bond acceptors (Lipinski definition) is 4. The van der Waals surface area contributed by atoms with E-state index in [1.54, 1.807) is 31.3 Å². The lowest BCUT2D eigenvalue weighted by atomic mass is 10.2. The predicted molar refractivity (Wildman–Crippen MR) is 98.8 cm³/mol. The van der Waals surface area contributed by atoms with E-state index in [0.717, 1.165) is 11.8 Å². The SMILES string of the molecule is CNC(=S)NCCN1C(=O)S/C(=C\c2cccc(Cl)c2Cl)C1=O. The van der Waals surface area contributed by atoms with Crippen LogP contribution in [-0.4, -0.2) is 41.3 Å². The molecule has 0 spiro atoms. The summed E-state index contributed by atoms with van der Waals surface area (Å²) in [5, 5.41) is 6.52. The van der Waals surface area contributed by atoms with E-state index in [-0.39, 0.29) is 17.7 Å². The Labute approximate surface area is 153 Å². The molecule has 2 amide bonds. The second-order valence-corrected chi connectivity index (χ2v) is 6.67. The molecular formula is C14H13Cl2N3O2S2. The smallest absolute Gasteiger partial charge is 0.293 e. The number of nitrogens with one attached hydrogen (secondary N) is 2. The normalized spacial score (nSPS) is 16.1. The van der Waals surface area contributed by atoms with Gasteiger partial charge in [-0.2, -0.15) is 0 Å². The van der Waals surface area contributed by atoms with E-state index in [9.17, 15) is 9.59 Å². The van der Waals surface area contributed by atoms with E-state index in [4.69, 9.17) is 35.4 Å². The van der Waals surface area contributed by atoms with E-state index >= 15 is 0 Å². The maximum Gasteiger partial charge on any atom is 0.293 e. The van der Waals surface area contributed by atoms with Gasteiger partial charge in [0.25, 0.3) is 11.1 Å². The number of carbonyl (C=O) groups excluding carboxylic acids is 2. The molecule has 1 aromatic carbocycles. The zero-order valence-electron chi connectivity index (χ0n) is 12.1. The van der Waals surface area contributed by atoms with Gasteiger partial charge in [-0.25, -0.2) is 0 Å². The first-order valence-electron chi connectivity index (χ1n) is 6.59. The quantitative estimate of drug-likeness (QED) is 0.609. The highest BCUT2D eigenvalue weighted by Crippen LogP contribution is 2.34. The molecule has 1 heterocycles. The standard InChI is InChI=1S/C14H13Cl2N3O2S2/c1-17-13(22)18-5-6-19-12(20)10(23-14(19)21)7-8-3-2-4-9(15)11(8)16/h2-4,7H,5-6H2,1H3,(H2,17,18,22)/b10-7-. The Morgan fingerprint density at radius 3 is 2.83 bits per heavy atom. The zero-order chi connectivity index (χ0) is 17.0. The molecule has 0 radical (unpaired) electrons. The van der Waals surface area contributed by atoms with Crippen LogP contribution in [0.4, 0.5) is 4.79 Å². The monoisotopic (exact) mass is 389 g/mol. The van der Waals surface area contributed by atoms with Crippen molar-refractivity contribution in [2.45, 2.75) is 0 Å². The van der Waals surface area contributed by atoms with Crippen LogP contribution in [0.5, 0.6) is 0 Å². The number of benzene rings is 1. The summed E-state index contributed by atoms with van der Waals surface area (Å²) in [5.74, 6) is -0.354. The Morgan fingerprint density at radius 1 is 1.39 bits per heavy atom. The molecule has 0 aromatic heterocycles. The molecule has 1 aliphatic heterocycles. The van der Waals surface area contributed by atoms with Crippen LogP contribution in [0.3, 0.4) is 0 Å². The molecule has 0 atom stereocenters. The number of amides is 2. The van der Waals surface area contributed by atoms with Crippen LogP contribution in [0, 0.1) is 0 Å². The molecular weight excluding hydrogens is 377 g/mol. The number of rotatable bonds is 4. The predicted octanol–water partition coefficient (Wildman–Crippen LogP) is 3.12. The molecule has 5 nitrogen and oxygen atoms in total. The number of thioether (sulfide) groups is 1. The maximum absolute atomic E-state index is 12.3. The fraction of sp³-hybridized carbons (Fsp3) is 0.214. The molecule has 0 saturated carbocycles. The van der Waals surface area contributed by atoms with E-state index in [1.165, 1.54) is 4.90 Å². The third-order valence-corrected chi connectivity index (χ3v) is 5.08. The minimum Gasteiger partial charge on any atom is -0.366 e. The number of carbonyl (C=O) groups is 2. The average molecular weight is 390 g/mol. The van der Waals surface area contributed by atoms with Gasteiger partial charge in [0, 0.05) is 20.1 Å². The molecule has 1 aromatic rings. The summed E-state index contributed by atoms with van der Waals surface area (Å²) in [7, 11) is 1.69. The van der Waals surface area contributed by atoms with E-state index in [2.05, 4.69) is 10.6 Å². The number of hydrogen-bond donors (Lipinski definition) is 2. The van der Waals surface area contributed by atoms with Crippen LogP contribution in [0.25, 0.3) is 6.08 Å². The molecule has 9 heteroatoms. The van der Waals surface area contributed by atoms with Gasteiger partial charge in [0.15, 0.2) is 5.11 Å². The van der Waals surface area contributed by atoms with Gasteiger partial charge >= 0.3 is 0 Å². The Kier molecular flexibility index (Phi) is 6.29. The van der Waals surface area contributed by atoms with Crippen molar-refractivity contribution in [3.05, 3.63) is 38.7 Å². The minimum absolute atomic E-state index is 0.229. The van der Waals surface area contributed by atoms with Gasteiger partial charge in [-0.3, -0.25) is 14.5 Å². The summed E-state index contributed by atoms with van der Waals surface area (Å²) in [6, 6.07) is 5.12. The third-order valence-electron chi connectivity index (χ3n) is 2.99. The Balaban J connectivity index is 2.10. The highest BCUT2D eigenvalue weighted by atomic mass is 35.5. The van der Waals surface area contributed by atoms with E-state index in [0.29, 0.717) is 32.2 Å². The Hall–Kier alpha value is -1.28. The van der Waals surface area contributed by atoms with Gasteiger partial charge in [-0.15, -0.1) is 0 Å². The summed E-state index contributed by atoms with van der Waals surface area (Å²) in [5.41, 5.74) is 0.596. The first kappa shape index (κ1) is 18.1. The second kappa shape index (κ2) is 8.01. The molecule has 1 saturated heterocycles. The fourth-order valence-electron chi connectivity index (χ4n) is 1.84. The molecule has 0 bridgehead atoms. The lowest BCUT2D eigenvalue weighted by Crippen LogP contribution is -2.40. The summed E-state index contributed by atoms with van der Waals surface area (Å²) in [6.07, 6.45) is 1.57.